The number of benzene rings is 3. The second-order valence-electron chi connectivity index (χ2n) is 6.13. The summed E-state index contributed by atoms with van der Waals surface area (Å²) < 4.78 is 2.18. The quantitative estimate of drug-likeness (QED) is 0.400. The van der Waals surface area contributed by atoms with Crippen LogP contribution in [-0.2, 0) is 0 Å². The zero-order chi connectivity index (χ0) is 16.6. The molecule has 2 aromatic heterocycles. The van der Waals surface area contributed by atoms with E-state index in [1.54, 1.807) is 0 Å². The van der Waals surface area contributed by atoms with E-state index in [4.69, 9.17) is 4.98 Å². The van der Waals surface area contributed by atoms with Gasteiger partial charge in [-0.3, -0.25) is 4.40 Å². The first-order valence-corrected chi connectivity index (χ1v) is 8.42. The zero-order valence-electron chi connectivity index (χ0n) is 13.6. The van der Waals surface area contributed by atoms with E-state index in [1.165, 1.54) is 16.3 Å². The molecule has 3 aromatic carbocycles. The number of fused-ring (bicyclic) bond motifs is 2. The maximum atomic E-state index is 4.93. The third-order valence-electron chi connectivity index (χ3n) is 4.62. The number of hydrogen-bond acceptors (Lipinski definition) is 1. The highest BCUT2D eigenvalue weighted by atomic mass is 15.0. The Balaban J connectivity index is 1.92. The van der Waals surface area contributed by atoms with Gasteiger partial charge in [0.1, 0.15) is 5.65 Å². The van der Waals surface area contributed by atoms with Crippen molar-refractivity contribution in [2.75, 3.05) is 0 Å². The van der Waals surface area contributed by atoms with Gasteiger partial charge in [0.05, 0.1) is 11.4 Å². The van der Waals surface area contributed by atoms with Gasteiger partial charge < -0.3 is 0 Å². The van der Waals surface area contributed by atoms with Gasteiger partial charge in [-0.2, -0.15) is 0 Å². The topological polar surface area (TPSA) is 17.3 Å². The first-order chi connectivity index (χ1) is 12.4. The monoisotopic (exact) mass is 320 g/mol. The number of rotatable bonds is 2. The molecule has 0 amide bonds. The fourth-order valence-electron chi connectivity index (χ4n) is 3.48. The molecule has 0 unspecified atom stereocenters. The van der Waals surface area contributed by atoms with Gasteiger partial charge in [0.15, 0.2) is 0 Å². The molecule has 2 nitrogen and oxygen atoms in total. The smallest absolute Gasteiger partial charge is 0.137 e. The Morgan fingerprint density at radius 3 is 2.32 bits per heavy atom. The lowest BCUT2D eigenvalue weighted by Gasteiger charge is -2.09. The molecule has 5 aromatic rings. The van der Waals surface area contributed by atoms with Gasteiger partial charge in [0.25, 0.3) is 0 Å². The molecule has 0 radical (unpaired) electrons. The molecular weight excluding hydrogens is 304 g/mol. The summed E-state index contributed by atoms with van der Waals surface area (Å²) in [5.74, 6) is 0. The highest BCUT2D eigenvalue weighted by Crippen LogP contribution is 2.36. The SMILES string of the molecule is c1ccc(-c2nc3ccccn3c2-c2cccc3ccccc23)cc1. The first kappa shape index (κ1) is 14.0. The van der Waals surface area contributed by atoms with Crippen LogP contribution in [-0.4, -0.2) is 9.38 Å². The molecular formula is C23H16N2. The Labute approximate surface area is 146 Å². The van der Waals surface area contributed by atoms with Crippen LogP contribution >= 0.6 is 0 Å². The molecule has 0 saturated carbocycles. The van der Waals surface area contributed by atoms with Gasteiger partial charge in [-0.1, -0.05) is 78.9 Å². The van der Waals surface area contributed by atoms with Crippen molar-refractivity contribution in [1.82, 2.24) is 9.38 Å². The van der Waals surface area contributed by atoms with E-state index in [1.807, 2.05) is 12.1 Å². The molecule has 0 atom stereocenters. The summed E-state index contributed by atoms with van der Waals surface area (Å²) in [6.07, 6.45) is 2.09. The highest BCUT2D eigenvalue weighted by molar-refractivity contribution is 5.99. The van der Waals surface area contributed by atoms with Gasteiger partial charge in [0.2, 0.25) is 0 Å². The number of pyridine rings is 1. The molecule has 0 bridgehead atoms. The molecule has 0 N–H and O–H groups in total. The molecule has 0 fully saturated rings. The van der Waals surface area contributed by atoms with E-state index in [0.717, 1.165) is 22.6 Å². The molecule has 2 heterocycles. The third kappa shape index (κ3) is 2.23. The minimum absolute atomic E-state index is 0.962. The summed E-state index contributed by atoms with van der Waals surface area (Å²) in [5.41, 5.74) is 5.45. The average Bonchev–Trinajstić information content (AvgIpc) is 3.08. The van der Waals surface area contributed by atoms with Gasteiger partial charge in [0, 0.05) is 17.3 Å². The molecule has 0 aliphatic carbocycles. The predicted octanol–water partition coefficient (Wildman–Crippen LogP) is 5.82. The summed E-state index contributed by atoms with van der Waals surface area (Å²) in [6.45, 7) is 0. The van der Waals surface area contributed by atoms with Crippen molar-refractivity contribution in [3.8, 4) is 22.5 Å². The van der Waals surface area contributed by atoms with Crippen LogP contribution in [0.2, 0.25) is 0 Å². The fourth-order valence-corrected chi connectivity index (χ4v) is 3.48. The Bertz CT molecular complexity index is 1180. The predicted molar refractivity (Wildman–Crippen MR) is 104 cm³/mol. The summed E-state index contributed by atoms with van der Waals surface area (Å²) in [5, 5.41) is 2.48. The van der Waals surface area contributed by atoms with Gasteiger partial charge in [-0.15, -0.1) is 0 Å². The van der Waals surface area contributed by atoms with Gasteiger partial charge in [-0.05, 0) is 22.9 Å². The van der Waals surface area contributed by atoms with Crippen LogP contribution in [0.1, 0.15) is 0 Å². The second-order valence-corrected chi connectivity index (χ2v) is 6.13. The van der Waals surface area contributed by atoms with Crippen LogP contribution in [0, 0.1) is 0 Å². The summed E-state index contributed by atoms with van der Waals surface area (Å²) in [4.78, 5) is 4.93. The Hall–Kier alpha value is -3.39. The Morgan fingerprint density at radius 1 is 0.640 bits per heavy atom. The molecule has 5 rings (SSSR count). The lowest BCUT2D eigenvalue weighted by atomic mass is 9.99. The van der Waals surface area contributed by atoms with E-state index >= 15 is 0 Å². The minimum atomic E-state index is 0.962. The standard InChI is InChI=1S/C23H16N2/c1-2-10-18(11-3-1)22-23(25-16-7-6-15-21(25)24-22)20-14-8-12-17-9-4-5-13-19(17)20/h1-16H. The van der Waals surface area contributed by atoms with Crippen molar-refractivity contribution in [2.24, 2.45) is 0 Å². The van der Waals surface area contributed by atoms with Crippen molar-refractivity contribution in [1.29, 1.82) is 0 Å². The van der Waals surface area contributed by atoms with Crippen LogP contribution in [0.5, 0.6) is 0 Å². The largest absolute Gasteiger partial charge is 0.299 e. The van der Waals surface area contributed by atoms with Crippen LogP contribution in [0.4, 0.5) is 0 Å². The fraction of sp³-hybridized carbons (Fsp3) is 0. The zero-order valence-corrected chi connectivity index (χ0v) is 13.6. The lowest BCUT2D eigenvalue weighted by molar-refractivity contribution is 1.19. The van der Waals surface area contributed by atoms with Crippen molar-refractivity contribution in [3.63, 3.8) is 0 Å². The van der Waals surface area contributed by atoms with E-state index in [-0.39, 0.29) is 0 Å². The number of aromatic nitrogens is 2. The average molecular weight is 320 g/mol. The molecule has 2 heteroatoms. The van der Waals surface area contributed by atoms with Crippen LogP contribution in [0.15, 0.2) is 97.2 Å². The Kier molecular flexibility index (Phi) is 3.14. The second kappa shape index (κ2) is 5.60. The van der Waals surface area contributed by atoms with Crippen molar-refractivity contribution < 1.29 is 0 Å². The van der Waals surface area contributed by atoms with E-state index < -0.39 is 0 Å². The molecule has 0 aliphatic heterocycles. The number of nitrogens with zero attached hydrogens (tertiary/aromatic N) is 2. The maximum absolute atomic E-state index is 4.93. The molecule has 0 aliphatic rings. The van der Waals surface area contributed by atoms with Crippen molar-refractivity contribution in [3.05, 3.63) is 97.2 Å². The summed E-state index contributed by atoms with van der Waals surface area (Å²) in [6, 6.07) is 31.5. The van der Waals surface area contributed by atoms with E-state index in [2.05, 4.69) is 89.5 Å². The van der Waals surface area contributed by atoms with Gasteiger partial charge in [-0.25, -0.2) is 4.98 Å². The van der Waals surface area contributed by atoms with E-state index in [9.17, 15) is 0 Å². The van der Waals surface area contributed by atoms with Crippen molar-refractivity contribution >= 4 is 16.4 Å². The molecule has 25 heavy (non-hydrogen) atoms. The molecule has 0 saturated heterocycles. The minimum Gasteiger partial charge on any atom is -0.299 e. The summed E-state index contributed by atoms with van der Waals surface area (Å²) >= 11 is 0. The highest BCUT2D eigenvalue weighted by Gasteiger charge is 2.17. The van der Waals surface area contributed by atoms with Crippen LogP contribution in [0.3, 0.4) is 0 Å². The molecule has 0 spiro atoms. The number of hydrogen-bond donors (Lipinski definition) is 0. The van der Waals surface area contributed by atoms with Crippen LogP contribution in [0.25, 0.3) is 38.9 Å². The van der Waals surface area contributed by atoms with Crippen molar-refractivity contribution in [2.45, 2.75) is 0 Å². The normalized spacial score (nSPS) is 11.2. The number of imidazole rings is 1. The molecule has 118 valence electrons. The van der Waals surface area contributed by atoms with Crippen LogP contribution < -0.4 is 0 Å². The Morgan fingerprint density at radius 2 is 1.40 bits per heavy atom. The maximum Gasteiger partial charge on any atom is 0.137 e. The third-order valence-corrected chi connectivity index (χ3v) is 4.62. The first-order valence-electron chi connectivity index (χ1n) is 8.42. The lowest BCUT2D eigenvalue weighted by Crippen LogP contribution is -1.90. The summed E-state index contributed by atoms with van der Waals surface area (Å²) in [7, 11) is 0. The van der Waals surface area contributed by atoms with Gasteiger partial charge >= 0.3 is 0 Å². The van der Waals surface area contributed by atoms with E-state index in [0.29, 0.717) is 0 Å².